The highest BCUT2D eigenvalue weighted by Crippen LogP contribution is 2.36. The van der Waals surface area contributed by atoms with E-state index in [9.17, 15) is 33.6 Å². The van der Waals surface area contributed by atoms with Gasteiger partial charge in [-0.25, -0.2) is 0 Å². The molecule has 6 aliphatic heterocycles. The maximum Gasteiger partial charge on any atom is 0.255 e. The van der Waals surface area contributed by atoms with Crippen LogP contribution < -0.4 is 16.0 Å². The lowest BCUT2D eigenvalue weighted by atomic mass is 9.86. The molecule has 0 bridgehead atoms. The fraction of sp³-hybridized carbons (Fsp3) is 0.466. The number of rotatable bonds is 7. The smallest absolute Gasteiger partial charge is 0.255 e. The number of nitrogens with zero attached hydrogens (tertiary/aromatic N) is 3. The third-order valence-corrected chi connectivity index (χ3v) is 16.4. The average molecular weight is 996 g/mol. The summed E-state index contributed by atoms with van der Waals surface area (Å²) in [6.45, 7) is 6.20. The Morgan fingerprint density at radius 1 is 0.528 bits per heavy atom. The Hall–Kier alpha value is -6.02. The van der Waals surface area contributed by atoms with Crippen LogP contribution in [0.2, 0.25) is 0 Å². The molecule has 378 valence electrons. The second-order valence-corrected chi connectivity index (χ2v) is 20.8. The van der Waals surface area contributed by atoms with Crippen LogP contribution in [0.4, 0.5) is 0 Å². The maximum absolute atomic E-state index is 13.0. The van der Waals surface area contributed by atoms with E-state index in [1.807, 2.05) is 24.3 Å². The van der Waals surface area contributed by atoms with Crippen molar-refractivity contribution in [3.63, 3.8) is 0 Å². The van der Waals surface area contributed by atoms with E-state index in [1.165, 1.54) is 66.3 Å². The first-order valence-electron chi connectivity index (χ1n) is 26.3. The van der Waals surface area contributed by atoms with Crippen molar-refractivity contribution < 1.29 is 33.6 Å². The predicted octanol–water partition coefficient (Wildman–Crippen LogP) is 7.42. The molecular formula is C58H67ClN6O7. The average Bonchev–Trinajstić information content (AvgIpc) is 3.91. The van der Waals surface area contributed by atoms with Crippen molar-refractivity contribution in [2.75, 3.05) is 26.2 Å². The van der Waals surface area contributed by atoms with E-state index in [0.717, 1.165) is 94.2 Å². The second kappa shape index (κ2) is 22.8. The highest BCUT2D eigenvalue weighted by atomic mass is 35.5. The minimum atomic E-state index is -0.553. The van der Waals surface area contributed by atoms with E-state index in [-0.39, 0.29) is 60.7 Å². The molecule has 6 heterocycles. The minimum Gasteiger partial charge on any atom is -0.322 e. The molecule has 12 rings (SSSR count). The van der Waals surface area contributed by atoms with Gasteiger partial charge in [0.25, 0.3) is 11.8 Å². The van der Waals surface area contributed by atoms with Crippen LogP contribution in [0.5, 0.6) is 0 Å². The Morgan fingerprint density at radius 2 is 1.03 bits per heavy atom. The van der Waals surface area contributed by atoms with Gasteiger partial charge in [-0.2, -0.15) is 0 Å². The number of aldehydes is 1. The van der Waals surface area contributed by atoms with Crippen LogP contribution in [0, 0.1) is 0 Å². The van der Waals surface area contributed by atoms with Crippen molar-refractivity contribution in [1.29, 1.82) is 0 Å². The summed E-state index contributed by atoms with van der Waals surface area (Å²) in [6.07, 6.45) is 16.7. The molecule has 4 fully saturated rings. The molecule has 14 heteroatoms. The van der Waals surface area contributed by atoms with E-state index in [2.05, 4.69) is 69.4 Å². The number of hydrogen-bond donors (Lipinski definition) is 3. The number of hydrogen-bond acceptors (Lipinski definition) is 9. The summed E-state index contributed by atoms with van der Waals surface area (Å²) >= 11 is 0. The third-order valence-electron chi connectivity index (χ3n) is 16.4. The summed E-state index contributed by atoms with van der Waals surface area (Å²) in [4.78, 5) is 89.4. The van der Waals surface area contributed by atoms with Crippen molar-refractivity contribution in [2.24, 2.45) is 0 Å². The molecular weight excluding hydrogens is 928 g/mol. The molecule has 6 amide bonds. The fourth-order valence-electron chi connectivity index (χ4n) is 12.4. The summed E-state index contributed by atoms with van der Waals surface area (Å²) < 4.78 is 0. The zero-order valence-electron chi connectivity index (χ0n) is 41.2. The van der Waals surface area contributed by atoms with Crippen molar-refractivity contribution in [3.05, 3.63) is 140 Å². The van der Waals surface area contributed by atoms with Crippen LogP contribution in [-0.4, -0.2) is 94.7 Å². The van der Waals surface area contributed by atoms with Gasteiger partial charge in [0.15, 0.2) is 0 Å². The standard InChI is InChI=1S/C29H33N3O3.C18H21N3O3.C11H12O.ClH/c33-27-11-10-26(28(34)30-27)32-18-23-16-21(8-9-25(23)29(32)35)19-12-14-31(15-13-19)17-22-6-3-5-20-4-1-2-7-24(20)22;22-16-4-3-15(17(23)20-16)21-10-13-9-12(1-2-14(13)18(21)24)11-5-7-19-8-6-11;12-8-10-6-3-5-9-4-1-2-7-11(9)10;/h3,5-6,8-9,16,19,26H,1-2,4,7,10-15,17-18H2,(H,30,33,34);1-2,9,11,15,19H,3-8,10H2,(H,20,22,23);3,5-6,8H,1-2,4,7H2;1H. The molecule has 4 saturated heterocycles. The van der Waals surface area contributed by atoms with Gasteiger partial charge in [-0.1, -0.05) is 60.7 Å². The first-order valence-corrected chi connectivity index (χ1v) is 26.3. The van der Waals surface area contributed by atoms with Crippen LogP contribution in [0.1, 0.15) is 170 Å². The van der Waals surface area contributed by atoms with Crippen LogP contribution in [0.25, 0.3) is 0 Å². The number of carbonyl (C=O) groups is 7. The summed E-state index contributed by atoms with van der Waals surface area (Å²) in [6, 6.07) is 24.1. The zero-order chi connectivity index (χ0) is 49.0. The van der Waals surface area contributed by atoms with Crippen LogP contribution in [0.3, 0.4) is 0 Å². The molecule has 0 aromatic heterocycles. The van der Waals surface area contributed by atoms with E-state index < -0.39 is 12.1 Å². The minimum absolute atomic E-state index is 0. The quantitative estimate of drug-likeness (QED) is 0.126. The SMILES string of the molecule is Cl.O=C1CCC(N2Cc3cc(C4CCN(Cc5cccc6c5CCCC6)CC4)ccc3C2=O)C(=O)N1.O=C1CCC(N2Cc3cc(C4CCNCC4)ccc3C2=O)C(=O)N1.O=Cc1cccc2c1CCCC2. The largest absolute Gasteiger partial charge is 0.322 e. The Labute approximate surface area is 428 Å². The first kappa shape index (κ1) is 50.9. The summed E-state index contributed by atoms with van der Waals surface area (Å²) in [5.41, 5.74) is 14.2. The van der Waals surface area contributed by atoms with Gasteiger partial charge in [-0.05, 0) is 190 Å². The Bertz CT molecular complexity index is 2740. The Morgan fingerprint density at radius 3 is 1.57 bits per heavy atom. The molecule has 0 radical (unpaired) electrons. The number of carbonyl (C=O) groups excluding carboxylic acids is 7. The molecule has 2 atom stereocenters. The number of likely N-dealkylation sites (tertiary alicyclic amines) is 1. The van der Waals surface area contributed by atoms with Gasteiger partial charge >= 0.3 is 0 Å². The van der Waals surface area contributed by atoms with Gasteiger partial charge in [0, 0.05) is 49.2 Å². The van der Waals surface area contributed by atoms with E-state index in [4.69, 9.17) is 0 Å². The van der Waals surface area contributed by atoms with E-state index in [0.29, 0.717) is 48.9 Å². The lowest BCUT2D eigenvalue weighted by Gasteiger charge is -2.33. The zero-order valence-corrected chi connectivity index (χ0v) is 42.0. The van der Waals surface area contributed by atoms with Gasteiger partial charge < -0.3 is 15.1 Å². The summed E-state index contributed by atoms with van der Waals surface area (Å²) in [5, 5.41) is 8.08. The number of halogens is 1. The lowest BCUT2D eigenvalue weighted by Crippen LogP contribution is -2.52. The predicted molar refractivity (Wildman–Crippen MR) is 276 cm³/mol. The maximum atomic E-state index is 13.0. The monoisotopic (exact) mass is 994 g/mol. The number of piperidine rings is 4. The number of aryl methyl sites for hydroxylation is 2. The number of fused-ring (bicyclic) bond motifs is 4. The van der Waals surface area contributed by atoms with E-state index >= 15 is 0 Å². The fourth-order valence-corrected chi connectivity index (χ4v) is 12.4. The van der Waals surface area contributed by atoms with Gasteiger partial charge in [0.1, 0.15) is 18.4 Å². The second-order valence-electron chi connectivity index (χ2n) is 20.8. The molecule has 72 heavy (non-hydrogen) atoms. The molecule has 0 spiro atoms. The summed E-state index contributed by atoms with van der Waals surface area (Å²) in [7, 11) is 0. The molecule has 13 nitrogen and oxygen atoms in total. The Kier molecular flexibility index (Phi) is 16.1. The van der Waals surface area contributed by atoms with Crippen molar-refractivity contribution in [3.8, 4) is 0 Å². The number of benzene rings is 4. The van der Waals surface area contributed by atoms with Gasteiger partial charge in [-0.3, -0.25) is 49.1 Å². The molecule has 4 aromatic rings. The van der Waals surface area contributed by atoms with Crippen molar-refractivity contribution in [1.82, 2.24) is 30.7 Å². The van der Waals surface area contributed by atoms with Crippen molar-refractivity contribution in [2.45, 2.75) is 146 Å². The summed E-state index contributed by atoms with van der Waals surface area (Å²) in [5.74, 6) is -0.374. The molecule has 3 N–H and O–H groups in total. The highest BCUT2D eigenvalue weighted by molar-refractivity contribution is 6.06. The topological polar surface area (TPSA) is 165 Å². The van der Waals surface area contributed by atoms with Gasteiger partial charge in [0.2, 0.25) is 23.6 Å². The number of nitrogens with one attached hydrogen (secondary N) is 3. The van der Waals surface area contributed by atoms with Crippen LogP contribution in [0.15, 0.2) is 72.8 Å². The number of amides is 6. The van der Waals surface area contributed by atoms with Crippen LogP contribution >= 0.6 is 12.4 Å². The van der Waals surface area contributed by atoms with Crippen LogP contribution in [-0.2, 0) is 64.5 Å². The molecule has 0 saturated carbocycles. The highest BCUT2D eigenvalue weighted by Gasteiger charge is 2.41. The Balaban J connectivity index is 0.000000149. The molecule has 2 unspecified atom stereocenters. The molecule has 4 aromatic carbocycles. The van der Waals surface area contributed by atoms with Gasteiger partial charge in [-0.15, -0.1) is 12.4 Å². The number of imide groups is 2. The normalized spacial score (nSPS) is 22.2. The first-order chi connectivity index (χ1) is 34.6. The lowest BCUT2D eigenvalue weighted by molar-refractivity contribution is -0.138. The van der Waals surface area contributed by atoms with Gasteiger partial charge in [0.05, 0.1) is 0 Å². The third kappa shape index (κ3) is 11.0. The van der Waals surface area contributed by atoms with Crippen molar-refractivity contribution >= 4 is 54.1 Å². The molecule has 8 aliphatic rings. The van der Waals surface area contributed by atoms with E-state index in [1.54, 1.807) is 20.9 Å². The molecule has 2 aliphatic carbocycles.